The summed E-state index contributed by atoms with van der Waals surface area (Å²) in [6.07, 6.45) is -1.16. The number of esters is 1. The number of rotatable bonds is 11. The van der Waals surface area contributed by atoms with Gasteiger partial charge in [-0.15, -0.1) is 12.4 Å². The standard InChI is InChI=1S/C30H34FN3O6S.ClH/c1-20(2)33-28(35)21(3)39-29(36)27(32)17-22-8-7-11-26(16-22)41(37,38)34-18-30(19-34,23-12-14-24(31)15-13-23)40-25-9-5-4-6-10-25;/h4-16,20-21,27H,17-19,32H2,1-3H3,(H,33,35);1H/t21?,27-;/m0./s1/i4D,5D,6D,9D,10D;. The smallest absolute Gasteiger partial charge is 0.324 e. The van der Waals surface area contributed by atoms with E-state index in [1.54, 1.807) is 19.9 Å². The van der Waals surface area contributed by atoms with Crippen molar-refractivity contribution in [2.24, 2.45) is 5.73 Å². The Labute approximate surface area is 258 Å². The molecule has 1 amide bonds. The van der Waals surface area contributed by atoms with Gasteiger partial charge >= 0.3 is 5.97 Å². The maximum absolute atomic E-state index is 13.8. The maximum Gasteiger partial charge on any atom is 0.324 e. The van der Waals surface area contributed by atoms with Crippen LogP contribution in [0.2, 0.25) is 0 Å². The van der Waals surface area contributed by atoms with Crippen molar-refractivity contribution in [1.82, 2.24) is 9.62 Å². The van der Waals surface area contributed by atoms with Gasteiger partial charge in [-0.05, 0) is 74.7 Å². The van der Waals surface area contributed by atoms with Gasteiger partial charge in [-0.3, -0.25) is 9.59 Å². The minimum absolute atomic E-state index is 0. The van der Waals surface area contributed by atoms with Crippen molar-refractivity contribution in [2.75, 3.05) is 13.1 Å². The molecule has 1 saturated heterocycles. The summed E-state index contributed by atoms with van der Waals surface area (Å²) >= 11 is 0. The number of carbonyl (C=O) groups excluding carboxylic acids is 2. The van der Waals surface area contributed by atoms with Crippen molar-refractivity contribution in [2.45, 2.75) is 55.9 Å². The fraction of sp³-hybridized carbons (Fsp3) is 0.333. The van der Waals surface area contributed by atoms with Gasteiger partial charge in [0.25, 0.3) is 5.91 Å². The topological polar surface area (TPSA) is 128 Å². The van der Waals surface area contributed by atoms with Crippen LogP contribution in [-0.4, -0.2) is 55.9 Å². The third-order valence-electron chi connectivity index (χ3n) is 6.40. The highest BCUT2D eigenvalue weighted by molar-refractivity contribution is 7.89. The first-order valence-electron chi connectivity index (χ1n) is 15.3. The van der Waals surface area contributed by atoms with Gasteiger partial charge in [0.1, 0.15) is 17.6 Å². The van der Waals surface area contributed by atoms with E-state index in [9.17, 15) is 22.4 Å². The summed E-state index contributed by atoms with van der Waals surface area (Å²) in [6, 6.07) is 6.41. The first kappa shape index (κ1) is 26.1. The molecule has 0 bridgehead atoms. The largest absolute Gasteiger partial charge is 0.480 e. The third kappa shape index (κ3) is 7.65. The number of ether oxygens (including phenoxy) is 2. The van der Waals surface area contributed by atoms with Crippen molar-refractivity contribution < 1.29 is 38.7 Å². The second-order valence-corrected chi connectivity index (χ2v) is 12.0. The Hall–Kier alpha value is -3.51. The molecule has 42 heavy (non-hydrogen) atoms. The molecule has 9 nitrogen and oxygen atoms in total. The summed E-state index contributed by atoms with van der Waals surface area (Å²) in [7, 11) is -4.17. The molecule has 1 fully saturated rings. The van der Waals surface area contributed by atoms with Crippen LogP contribution in [-0.2, 0) is 36.4 Å². The van der Waals surface area contributed by atoms with Gasteiger partial charge in [0.15, 0.2) is 11.7 Å². The monoisotopic (exact) mass is 624 g/mol. The van der Waals surface area contributed by atoms with Gasteiger partial charge < -0.3 is 20.5 Å². The Morgan fingerprint density at radius 3 is 2.36 bits per heavy atom. The van der Waals surface area contributed by atoms with Crippen molar-refractivity contribution in [3.05, 3.63) is 95.7 Å². The Balaban J connectivity index is 0.00000600. The third-order valence-corrected chi connectivity index (χ3v) is 8.18. The lowest BCUT2D eigenvalue weighted by atomic mass is 9.87. The number of carbonyl (C=O) groups is 2. The summed E-state index contributed by atoms with van der Waals surface area (Å²) in [5.41, 5.74) is 5.26. The van der Waals surface area contributed by atoms with Crippen molar-refractivity contribution in [3.8, 4) is 5.75 Å². The second kappa shape index (κ2) is 13.6. The van der Waals surface area contributed by atoms with Crippen LogP contribution in [0, 0.1) is 5.82 Å². The summed E-state index contributed by atoms with van der Waals surface area (Å²) in [5.74, 6) is -2.34. The van der Waals surface area contributed by atoms with Crippen molar-refractivity contribution >= 4 is 34.3 Å². The fourth-order valence-electron chi connectivity index (χ4n) is 4.27. The summed E-state index contributed by atoms with van der Waals surface area (Å²) in [4.78, 5) is 24.5. The Morgan fingerprint density at radius 2 is 1.74 bits per heavy atom. The zero-order chi connectivity index (χ0) is 34.1. The molecule has 0 spiro atoms. The summed E-state index contributed by atoms with van der Waals surface area (Å²) in [6.45, 7) is 4.28. The predicted molar refractivity (Wildman–Crippen MR) is 158 cm³/mol. The zero-order valence-corrected chi connectivity index (χ0v) is 24.8. The molecule has 3 aromatic rings. The van der Waals surface area contributed by atoms with E-state index in [4.69, 9.17) is 22.1 Å². The van der Waals surface area contributed by atoms with Gasteiger partial charge in [-0.1, -0.05) is 42.4 Å². The lowest BCUT2D eigenvalue weighted by Gasteiger charge is -2.48. The van der Waals surface area contributed by atoms with Gasteiger partial charge in [-0.25, -0.2) is 12.8 Å². The van der Waals surface area contributed by atoms with E-state index in [-0.39, 0.29) is 42.9 Å². The summed E-state index contributed by atoms with van der Waals surface area (Å²) < 4.78 is 93.8. The molecule has 226 valence electrons. The first-order valence-corrected chi connectivity index (χ1v) is 14.3. The lowest BCUT2D eigenvalue weighted by Crippen LogP contribution is -2.64. The van der Waals surface area contributed by atoms with Gasteiger partial charge in [0, 0.05) is 6.04 Å². The predicted octanol–water partition coefficient (Wildman–Crippen LogP) is 3.55. The van der Waals surface area contributed by atoms with Crippen molar-refractivity contribution in [3.63, 3.8) is 0 Å². The van der Waals surface area contributed by atoms with Crippen LogP contribution in [0.3, 0.4) is 0 Å². The Bertz CT molecular complexity index is 1730. The highest BCUT2D eigenvalue weighted by Gasteiger charge is 2.52. The Kier molecular flexibility index (Phi) is 8.49. The number of hydrogen-bond donors (Lipinski definition) is 2. The molecule has 0 aromatic heterocycles. The molecule has 0 aliphatic carbocycles. The molecule has 0 saturated carbocycles. The van der Waals surface area contributed by atoms with E-state index in [0.717, 1.165) is 16.4 Å². The molecule has 1 unspecified atom stereocenters. The van der Waals surface area contributed by atoms with Crippen LogP contribution in [0.1, 0.15) is 38.8 Å². The number of amides is 1. The molecule has 3 aromatic carbocycles. The normalized spacial score (nSPS) is 17.6. The second-order valence-electron chi connectivity index (χ2n) is 10.0. The number of nitrogens with two attached hydrogens (primary N) is 1. The van der Waals surface area contributed by atoms with E-state index in [2.05, 4.69) is 5.32 Å². The molecule has 12 heteroatoms. The molecule has 1 aliphatic heterocycles. The van der Waals surface area contributed by atoms with Crippen LogP contribution in [0.15, 0.2) is 83.6 Å². The number of halogens is 2. The lowest BCUT2D eigenvalue weighted by molar-refractivity contribution is -0.156. The summed E-state index contributed by atoms with van der Waals surface area (Å²) in [5, 5.41) is 2.63. The molecule has 1 heterocycles. The molecular formula is C30H35ClFN3O6S. The van der Waals surface area contributed by atoms with E-state index in [0.29, 0.717) is 11.1 Å². The quantitative estimate of drug-likeness (QED) is 0.312. The molecular weight excluding hydrogens is 585 g/mol. The number of sulfonamides is 1. The number of para-hydroxylation sites is 1. The first-order chi connectivity index (χ1) is 21.5. The highest BCUT2D eigenvalue weighted by Crippen LogP contribution is 2.40. The maximum atomic E-state index is 13.8. The SMILES string of the molecule is Cl.[2H]c1c([2H])c([2H])c(OC2(c3ccc(F)cc3)CN(S(=O)(=O)c3cccc(C[C@H](N)C(=O)OC(C)C(=O)NC(C)C)c3)C2)c([2H])c1[2H]. The van der Waals surface area contributed by atoms with Gasteiger partial charge in [-0.2, -0.15) is 4.31 Å². The van der Waals surface area contributed by atoms with Crippen molar-refractivity contribution in [1.29, 1.82) is 0 Å². The van der Waals surface area contributed by atoms with Gasteiger partial charge in [0.05, 0.1) is 24.8 Å². The number of benzene rings is 3. The fourth-order valence-corrected chi connectivity index (χ4v) is 5.88. The van der Waals surface area contributed by atoms with Crippen LogP contribution in [0.4, 0.5) is 4.39 Å². The van der Waals surface area contributed by atoms with Crippen LogP contribution < -0.4 is 15.8 Å². The van der Waals surface area contributed by atoms with Crippen LogP contribution >= 0.6 is 12.4 Å². The van der Waals surface area contributed by atoms with Gasteiger partial charge in [0.2, 0.25) is 10.0 Å². The average molecular weight is 625 g/mol. The Morgan fingerprint density at radius 1 is 1.10 bits per heavy atom. The number of nitrogens with one attached hydrogen (secondary N) is 1. The van der Waals surface area contributed by atoms with E-state index >= 15 is 0 Å². The molecule has 0 radical (unpaired) electrons. The van der Waals surface area contributed by atoms with Crippen LogP contribution in [0.25, 0.3) is 0 Å². The minimum Gasteiger partial charge on any atom is -0.480 e. The number of hydrogen-bond acceptors (Lipinski definition) is 7. The number of nitrogens with zero attached hydrogens (tertiary/aromatic N) is 1. The van der Waals surface area contributed by atoms with E-state index in [1.807, 2.05) is 0 Å². The van der Waals surface area contributed by atoms with E-state index < -0.39 is 81.4 Å². The molecule has 4 rings (SSSR count). The minimum atomic E-state index is -4.17. The molecule has 3 N–H and O–H groups in total. The molecule has 2 atom stereocenters. The zero-order valence-electron chi connectivity index (χ0n) is 28.1. The van der Waals surface area contributed by atoms with Crippen LogP contribution in [0.5, 0.6) is 5.75 Å². The van der Waals surface area contributed by atoms with E-state index in [1.165, 1.54) is 37.3 Å². The average Bonchev–Trinajstić information content (AvgIpc) is 2.98. The molecule has 1 aliphatic rings. The highest BCUT2D eigenvalue weighted by atomic mass is 35.5.